The fraction of sp³-hybridized carbons (Fsp3) is 0.765. The third kappa shape index (κ3) is 26.1. The molecule has 0 aromatic carbocycles. The summed E-state index contributed by atoms with van der Waals surface area (Å²) in [6.45, 7) is 2.46. The number of esters is 2. The molecule has 0 aromatic heterocycles. The fourth-order valence-electron chi connectivity index (χ4n) is 7.31. The molecule has 0 aliphatic carbocycles. The maximum Gasteiger partial charge on any atom is 0.306 e. The van der Waals surface area contributed by atoms with Crippen molar-refractivity contribution in [3.05, 3.63) is 60.8 Å². The van der Waals surface area contributed by atoms with Crippen LogP contribution in [0.2, 0.25) is 0 Å². The zero-order valence-corrected chi connectivity index (χ0v) is 39.9. The number of carbonyl (C=O) groups is 2. The van der Waals surface area contributed by atoms with Gasteiger partial charge in [-0.05, 0) is 83.5 Å². The summed E-state index contributed by atoms with van der Waals surface area (Å²) in [5.41, 5.74) is 0. The molecule has 2 fully saturated rings. The van der Waals surface area contributed by atoms with E-state index in [0.29, 0.717) is 12.8 Å². The Labute approximate surface area is 394 Å². The molecule has 0 radical (unpaired) electrons. The topological polar surface area (TPSA) is 231 Å². The van der Waals surface area contributed by atoms with Gasteiger partial charge in [0, 0.05) is 12.8 Å². The average molecular weight is 939 g/mol. The van der Waals surface area contributed by atoms with Crippen molar-refractivity contribution < 1.29 is 73.8 Å². The van der Waals surface area contributed by atoms with E-state index in [2.05, 4.69) is 74.6 Å². The first-order chi connectivity index (χ1) is 32.0. The van der Waals surface area contributed by atoms with E-state index in [0.717, 1.165) is 77.0 Å². The zero-order valence-electron chi connectivity index (χ0n) is 39.9. The van der Waals surface area contributed by atoms with Crippen LogP contribution in [0.1, 0.15) is 155 Å². The largest absolute Gasteiger partial charge is 0.462 e. The lowest BCUT2D eigenvalue weighted by molar-refractivity contribution is -0.332. The maximum atomic E-state index is 13.0. The fourth-order valence-corrected chi connectivity index (χ4v) is 7.31. The highest BCUT2D eigenvalue weighted by Gasteiger charge is 2.47. The molecule has 0 saturated carbocycles. The monoisotopic (exact) mass is 939 g/mol. The Morgan fingerprint density at radius 2 is 0.909 bits per heavy atom. The lowest BCUT2D eigenvalue weighted by atomic mass is 9.98. The summed E-state index contributed by atoms with van der Waals surface area (Å²) >= 11 is 0. The highest BCUT2D eigenvalue weighted by Crippen LogP contribution is 2.26. The van der Waals surface area contributed by atoms with E-state index in [1.54, 1.807) is 0 Å². The Kier molecular flexibility index (Phi) is 34.2. The van der Waals surface area contributed by atoms with Gasteiger partial charge in [-0.1, -0.05) is 120 Å². The van der Waals surface area contributed by atoms with Crippen LogP contribution in [0.4, 0.5) is 0 Å². The van der Waals surface area contributed by atoms with Crippen molar-refractivity contribution in [2.75, 3.05) is 26.4 Å². The second kappa shape index (κ2) is 38.1. The van der Waals surface area contributed by atoms with E-state index in [1.165, 1.54) is 38.5 Å². The van der Waals surface area contributed by atoms with Gasteiger partial charge in [0.15, 0.2) is 18.7 Å². The number of rotatable bonds is 37. The minimum Gasteiger partial charge on any atom is -0.462 e. The molecule has 7 N–H and O–H groups in total. The second-order valence-electron chi connectivity index (χ2n) is 17.3. The van der Waals surface area contributed by atoms with Gasteiger partial charge in [0.2, 0.25) is 0 Å². The maximum absolute atomic E-state index is 13.0. The Morgan fingerprint density at radius 3 is 1.45 bits per heavy atom. The quantitative estimate of drug-likeness (QED) is 0.0201. The molecule has 15 nitrogen and oxygen atoms in total. The lowest BCUT2D eigenvalue weighted by Crippen LogP contribution is -2.61. The molecule has 0 spiro atoms. The zero-order chi connectivity index (χ0) is 48.2. The predicted molar refractivity (Wildman–Crippen MR) is 252 cm³/mol. The molecule has 15 heteroatoms. The smallest absolute Gasteiger partial charge is 0.306 e. The third-order valence-corrected chi connectivity index (χ3v) is 11.5. The van der Waals surface area contributed by atoms with E-state index in [-0.39, 0.29) is 19.4 Å². The van der Waals surface area contributed by atoms with Crippen molar-refractivity contribution in [2.24, 2.45) is 0 Å². The molecule has 2 saturated heterocycles. The molecule has 0 amide bonds. The van der Waals surface area contributed by atoms with Crippen LogP contribution < -0.4 is 0 Å². The number of hydrogen-bond donors (Lipinski definition) is 7. The van der Waals surface area contributed by atoms with E-state index >= 15 is 0 Å². The molecule has 2 rings (SSSR count). The summed E-state index contributed by atoms with van der Waals surface area (Å²) < 4.78 is 33.5. The van der Waals surface area contributed by atoms with Crippen LogP contribution in [-0.2, 0) is 38.0 Å². The molecule has 0 aromatic rings. The third-order valence-electron chi connectivity index (χ3n) is 11.5. The van der Waals surface area contributed by atoms with E-state index in [9.17, 15) is 45.3 Å². The first kappa shape index (κ1) is 59.3. The number of aliphatic hydroxyl groups excluding tert-OH is 7. The molecule has 0 bridgehead atoms. The normalized spacial score (nSPS) is 26.7. The number of unbranched alkanes of at least 4 members (excludes halogenated alkanes) is 13. The molecule has 11 atom stereocenters. The minimum atomic E-state index is -1.78. The highest BCUT2D eigenvalue weighted by atomic mass is 16.7. The average Bonchev–Trinajstić information content (AvgIpc) is 3.31. The molecule has 380 valence electrons. The van der Waals surface area contributed by atoms with Gasteiger partial charge >= 0.3 is 11.9 Å². The number of carbonyl (C=O) groups excluding carboxylic acids is 2. The van der Waals surface area contributed by atoms with Gasteiger partial charge in [-0.25, -0.2) is 0 Å². The number of allylic oxidation sites excluding steroid dienone is 10. The van der Waals surface area contributed by atoms with Gasteiger partial charge < -0.3 is 64.2 Å². The Hall–Kier alpha value is -2.80. The number of hydrogen-bond acceptors (Lipinski definition) is 15. The summed E-state index contributed by atoms with van der Waals surface area (Å²) in [6.07, 6.45) is 25.4. The predicted octanol–water partition coefficient (Wildman–Crippen LogP) is 6.49. The Morgan fingerprint density at radius 1 is 0.485 bits per heavy atom. The van der Waals surface area contributed by atoms with Crippen LogP contribution in [0.15, 0.2) is 60.8 Å². The van der Waals surface area contributed by atoms with Crippen LogP contribution in [0.25, 0.3) is 0 Å². The molecule has 2 aliphatic heterocycles. The van der Waals surface area contributed by atoms with Crippen molar-refractivity contribution >= 4 is 11.9 Å². The number of aliphatic hydroxyl groups is 7. The summed E-state index contributed by atoms with van der Waals surface area (Å²) in [5, 5.41) is 72.0. The van der Waals surface area contributed by atoms with Gasteiger partial charge in [0.25, 0.3) is 0 Å². The van der Waals surface area contributed by atoms with Crippen molar-refractivity contribution in [2.45, 2.75) is 223 Å². The van der Waals surface area contributed by atoms with E-state index < -0.39 is 99.3 Å². The van der Waals surface area contributed by atoms with Gasteiger partial charge in [0.1, 0.15) is 55.4 Å². The van der Waals surface area contributed by atoms with E-state index in [1.807, 2.05) is 0 Å². The molecular weight excluding hydrogens is 853 g/mol. The van der Waals surface area contributed by atoms with Gasteiger partial charge in [-0.2, -0.15) is 0 Å². The summed E-state index contributed by atoms with van der Waals surface area (Å²) in [4.78, 5) is 25.7. The van der Waals surface area contributed by atoms with Crippen LogP contribution >= 0.6 is 0 Å². The lowest BCUT2D eigenvalue weighted by Gasteiger charge is -2.42. The second-order valence-corrected chi connectivity index (χ2v) is 17.3. The van der Waals surface area contributed by atoms with Crippen LogP contribution in [-0.4, -0.2) is 142 Å². The van der Waals surface area contributed by atoms with Gasteiger partial charge in [-0.3, -0.25) is 9.59 Å². The van der Waals surface area contributed by atoms with Gasteiger partial charge in [0.05, 0.1) is 19.8 Å². The SMILES string of the molecule is CCCCC/C=C/C/C=C/C/C=C/CCCCC(=O)OC[C@H](CO[C@@H]1O[C@H](CO[C@@H]2O[C@H](CO)[C@H](O)C(O)C2O)[C@H](O)C(O)C1O)OC(=O)CCCCCCC/C=C/C/C=C/CCCCC. The minimum absolute atomic E-state index is 0.138. The van der Waals surface area contributed by atoms with Crippen LogP contribution in [0.5, 0.6) is 0 Å². The summed E-state index contributed by atoms with van der Waals surface area (Å²) in [6, 6.07) is 0. The molecule has 2 aliphatic rings. The first-order valence-corrected chi connectivity index (χ1v) is 24.9. The Bertz CT molecular complexity index is 1380. The Balaban J connectivity index is 1.86. The van der Waals surface area contributed by atoms with Crippen molar-refractivity contribution in [1.82, 2.24) is 0 Å². The molecule has 66 heavy (non-hydrogen) atoms. The highest BCUT2D eigenvalue weighted by molar-refractivity contribution is 5.70. The first-order valence-electron chi connectivity index (χ1n) is 24.9. The van der Waals surface area contributed by atoms with E-state index in [4.69, 9.17) is 28.4 Å². The van der Waals surface area contributed by atoms with Crippen molar-refractivity contribution in [3.8, 4) is 0 Å². The van der Waals surface area contributed by atoms with Crippen molar-refractivity contribution in [1.29, 1.82) is 0 Å². The van der Waals surface area contributed by atoms with Gasteiger partial charge in [-0.15, -0.1) is 0 Å². The molecular formula is C51H86O15. The summed E-state index contributed by atoms with van der Waals surface area (Å²) in [7, 11) is 0. The standard InChI is InChI=1S/C51H86O15/c1-3-5-7-9-11-13-15-17-19-21-23-25-27-29-31-33-42(53)61-36-39(64-43(54)34-32-30-28-26-24-22-20-18-16-14-12-10-8-6-4-2)37-62-50-49(60)47(58)45(56)41(66-50)38-63-51-48(59)46(57)44(55)40(35-52)65-51/h11-14,17-20,23,25,39-41,44-52,55-60H,3-10,15-16,21-22,24,26-38H2,1-2H3/b13-11+,14-12+,19-17+,20-18+,25-23+/t39-,40-,41-,44+,45+,46?,47?,48?,49?,50-,51-/m1/s1. The van der Waals surface area contributed by atoms with Crippen molar-refractivity contribution in [3.63, 3.8) is 0 Å². The summed E-state index contributed by atoms with van der Waals surface area (Å²) in [5.74, 6) is -0.991. The molecule has 2 heterocycles. The number of ether oxygens (including phenoxy) is 6. The molecule has 4 unspecified atom stereocenters. The van der Waals surface area contributed by atoms with Crippen LogP contribution in [0, 0.1) is 0 Å². The van der Waals surface area contributed by atoms with Crippen LogP contribution in [0.3, 0.4) is 0 Å².